The molecule has 7 heteroatoms. The molecule has 0 spiro atoms. The van der Waals surface area contributed by atoms with Gasteiger partial charge in [-0.2, -0.15) is 0 Å². The molecule has 2 amide bonds. The van der Waals surface area contributed by atoms with Crippen molar-refractivity contribution in [2.45, 2.75) is 6.54 Å². The summed E-state index contributed by atoms with van der Waals surface area (Å²) >= 11 is 0. The molecule has 0 fully saturated rings. The predicted molar refractivity (Wildman–Crippen MR) is 95.3 cm³/mol. The molecule has 0 unspecified atom stereocenters. The molecule has 2 aromatic heterocycles. The van der Waals surface area contributed by atoms with Crippen LogP contribution in [0.5, 0.6) is 0 Å². The van der Waals surface area contributed by atoms with E-state index in [1.54, 1.807) is 47.0 Å². The van der Waals surface area contributed by atoms with Crippen molar-refractivity contribution in [3.63, 3.8) is 0 Å². The van der Waals surface area contributed by atoms with Crippen molar-refractivity contribution in [2.24, 2.45) is 0 Å². The summed E-state index contributed by atoms with van der Waals surface area (Å²) in [5.74, 6) is -1.03. The van der Waals surface area contributed by atoms with Gasteiger partial charge in [-0.05, 0) is 29.8 Å². The molecule has 0 saturated carbocycles. The molecule has 0 bridgehead atoms. The number of imidazole rings is 1. The van der Waals surface area contributed by atoms with E-state index in [0.29, 0.717) is 12.1 Å². The van der Waals surface area contributed by atoms with Gasteiger partial charge in [-0.15, -0.1) is 6.58 Å². The van der Waals surface area contributed by atoms with Crippen LogP contribution in [0.25, 0.3) is 5.52 Å². The van der Waals surface area contributed by atoms with Crippen molar-refractivity contribution < 1.29 is 14.0 Å². The van der Waals surface area contributed by atoms with Gasteiger partial charge in [0.1, 0.15) is 5.82 Å². The lowest BCUT2D eigenvalue weighted by Crippen LogP contribution is -2.26. The molecule has 2 N–H and O–H groups in total. The number of hydrogen-bond donors (Lipinski definition) is 2. The summed E-state index contributed by atoms with van der Waals surface area (Å²) in [6.45, 7) is 4.07. The first-order chi connectivity index (χ1) is 12.6. The molecule has 0 saturated heterocycles. The number of amides is 2. The second-order valence-electron chi connectivity index (χ2n) is 5.55. The van der Waals surface area contributed by atoms with E-state index in [9.17, 15) is 14.0 Å². The Morgan fingerprint density at radius 1 is 1.12 bits per heavy atom. The Balaban J connectivity index is 1.84. The molecule has 6 nitrogen and oxygen atoms in total. The van der Waals surface area contributed by atoms with E-state index in [0.717, 1.165) is 5.56 Å². The number of carbonyl (C=O) groups is 2. The van der Waals surface area contributed by atoms with E-state index >= 15 is 0 Å². The number of rotatable bonds is 6. The van der Waals surface area contributed by atoms with Crippen molar-refractivity contribution in [1.29, 1.82) is 0 Å². The average molecular weight is 352 g/mol. The number of aromatic nitrogens is 2. The number of benzene rings is 1. The van der Waals surface area contributed by atoms with Crippen LogP contribution in [0.1, 0.15) is 26.7 Å². The van der Waals surface area contributed by atoms with Crippen LogP contribution >= 0.6 is 0 Å². The van der Waals surface area contributed by atoms with E-state index in [4.69, 9.17) is 0 Å². The van der Waals surface area contributed by atoms with Crippen molar-refractivity contribution in [3.05, 3.63) is 84.2 Å². The van der Waals surface area contributed by atoms with E-state index in [1.165, 1.54) is 12.1 Å². The highest BCUT2D eigenvalue weighted by molar-refractivity contribution is 6.02. The third-order valence-electron chi connectivity index (χ3n) is 3.74. The number of nitrogens with zero attached hydrogens (tertiary/aromatic N) is 2. The minimum atomic E-state index is -0.416. The van der Waals surface area contributed by atoms with Crippen LogP contribution in [0.3, 0.4) is 0 Å². The lowest BCUT2D eigenvalue weighted by molar-refractivity contribution is 0.0946. The standard InChI is InChI=1S/C19H17FN4O2/c1-2-10-21-19(26)17-23-16(15-5-3-4-11-24(15)17)18(25)22-12-13-6-8-14(20)9-7-13/h2-9,11H,1,10,12H2,(H,21,26)(H,22,25). The van der Waals surface area contributed by atoms with Crippen LogP contribution in [0.15, 0.2) is 61.3 Å². The maximum Gasteiger partial charge on any atom is 0.287 e. The largest absolute Gasteiger partial charge is 0.347 e. The summed E-state index contributed by atoms with van der Waals surface area (Å²) in [7, 11) is 0. The van der Waals surface area contributed by atoms with Crippen LogP contribution < -0.4 is 10.6 Å². The Bertz CT molecular complexity index is 963. The Morgan fingerprint density at radius 3 is 2.62 bits per heavy atom. The fourth-order valence-electron chi connectivity index (χ4n) is 2.48. The van der Waals surface area contributed by atoms with Gasteiger partial charge in [-0.25, -0.2) is 9.37 Å². The minimum Gasteiger partial charge on any atom is -0.347 e. The third kappa shape index (κ3) is 3.61. The van der Waals surface area contributed by atoms with Crippen LogP contribution in [0.2, 0.25) is 0 Å². The number of carbonyl (C=O) groups excluding carboxylic acids is 2. The summed E-state index contributed by atoms with van der Waals surface area (Å²) in [5, 5.41) is 5.39. The molecule has 132 valence electrons. The number of hydrogen-bond acceptors (Lipinski definition) is 3. The Labute approximate surface area is 149 Å². The second kappa shape index (κ2) is 7.60. The van der Waals surface area contributed by atoms with Gasteiger partial charge < -0.3 is 10.6 Å². The minimum absolute atomic E-state index is 0.120. The van der Waals surface area contributed by atoms with Gasteiger partial charge in [0.2, 0.25) is 5.82 Å². The normalized spacial score (nSPS) is 10.5. The molecule has 3 aromatic rings. The SMILES string of the molecule is C=CCNC(=O)c1nc(C(=O)NCc2ccc(F)cc2)c2ccccn12. The fraction of sp³-hybridized carbons (Fsp3) is 0.105. The third-order valence-corrected chi connectivity index (χ3v) is 3.74. The first-order valence-corrected chi connectivity index (χ1v) is 7.99. The highest BCUT2D eigenvalue weighted by Gasteiger charge is 2.20. The summed E-state index contributed by atoms with van der Waals surface area (Å²) in [5.41, 5.74) is 1.43. The molecule has 0 radical (unpaired) electrons. The molecule has 3 rings (SSSR count). The van der Waals surface area contributed by atoms with Crippen LogP contribution in [0, 0.1) is 5.82 Å². The summed E-state index contributed by atoms with van der Waals surface area (Å²) in [6, 6.07) is 11.1. The zero-order chi connectivity index (χ0) is 18.5. The molecule has 2 heterocycles. The smallest absolute Gasteiger partial charge is 0.287 e. The van der Waals surface area contributed by atoms with Crippen LogP contribution in [-0.4, -0.2) is 27.7 Å². The number of pyridine rings is 1. The lowest BCUT2D eigenvalue weighted by atomic mass is 10.2. The molecular weight excluding hydrogens is 335 g/mol. The monoisotopic (exact) mass is 352 g/mol. The molecule has 0 aliphatic rings. The number of halogens is 1. The summed E-state index contributed by atoms with van der Waals surface area (Å²) in [4.78, 5) is 29.0. The van der Waals surface area contributed by atoms with Crippen molar-refractivity contribution in [2.75, 3.05) is 6.54 Å². The van der Waals surface area contributed by atoms with Gasteiger partial charge in [0.05, 0.1) is 5.52 Å². The average Bonchev–Trinajstić information content (AvgIpc) is 3.05. The van der Waals surface area contributed by atoms with Gasteiger partial charge in [-0.3, -0.25) is 14.0 Å². The predicted octanol–water partition coefficient (Wildman–Crippen LogP) is 2.32. The molecule has 0 aliphatic heterocycles. The van der Waals surface area contributed by atoms with Gasteiger partial charge in [0.15, 0.2) is 5.69 Å². The van der Waals surface area contributed by atoms with Gasteiger partial charge in [0, 0.05) is 19.3 Å². The highest BCUT2D eigenvalue weighted by atomic mass is 19.1. The van der Waals surface area contributed by atoms with Gasteiger partial charge in [0.25, 0.3) is 11.8 Å². The Morgan fingerprint density at radius 2 is 1.88 bits per heavy atom. The van der Waals surface area contributed by atoms with E-state index in [2.05, 4.69) is 22.2 Å². The van der Waals surface area contributed by atoms with Gasteiger partial charge in [-0.1, -0.05) is 24.3 Å². The van der Waals surface area contributed by atoms with Crippen molar-refractivity contribution in [1.82, 2.24) is 20.0 Å². The first kappa shape index (κ1) is 17.3. The highest BCUT2D eigenvalue weighted by Crippen LogP contribution is 2.14. The molecule has 0 atom stereocenters. The summed E-state index contributed by atoms with van der Waals surface area (Å²) in [6.07, 6.45) is 3.23. The quantitative estimate of drug-likeness (QED) is 0.669. The Hall–Kier alpha value is -3.48. The fourth-order valence-corrected chi connectivity index (χ4v) is 2.48. The van der Waals surface area contributed by atoms with Crippen molar-refractivity contribution in [3.8, 4) is 0 Å². The second-order valence-corrected chi connectivity index (χ2v) is 5.55. The maximum atomic E-state index is 12.9. The molecule has 0 aliphatic carbocycles. The van der Waals surface area contributed by atoms with Crippen LogP contribution in [0.4, 0.5) is 4.39 Å². The number of fused-ring (bicyclic) bond motifs is 1. The molecule has 1 aromatic carbocycles. The van der Waals surface area contributed by atoms with E-state index in [1.807, 2.05) is 0 Å². The zero-order valence-electron chi connectivity index (χ0n) is 13.9. The summed E-state index contributed by atoms with van der Waals surface area (Å²) < 4.78 is 14.5. The zero-order valence-corrected chi connectivity index (χ0v) is 13.9. The maximum absolute atomic E-state index is 12.9. The molecular formula is C19H17FN4O2. The van der Waals surface area contributed by atoms with Crippen molar-refractivity contribution >= 4 is 17.3 Å². The van der Waals surface area contributed by atoms with E-state index < -0.39 is 11.8 Å². The van der Waals surface area contributed by atoms with E-state index in [-0.39, 0.29) is 23.9 Å². The molecule has 26 heavy (non-hydrogen) atoms. The van der Waals surface area contributed by atoms with Gasteiger partial charge >= 0.3 is 0 Å². The lowest BCUT2D eigenvalue weighted by Gasteiger charge is -2.04. The van der Waals surface area contributed by atoms with Crippen LogP contribution in [-0.2, 0) is 6.54 Å². The first-order valence-electron chi connectivity index (χ1n) is 7.99. The Kier molecular flexibility index (Phi) is 5.07. The number of nitrogens with one attached hydrogen (secondary N) is 2. The topological polar surface area (TPSA) is 75.5 Å².